The Morgan fingerprint density at radius 3 is 2.73 bits per heavy atom. The van der Waals surface area contributed by atoms with Gasteiger partial charge in [-0.3, -0.25) is 14.4 Å². The zero-order chi connectivity index (χ0) is 18.5. The van der Waals surface area contributed by atoms with Gasteiger partial charge in [-0.25, -0.2) is 4.39 Å². The molecule has 0 unspecified atom stereocenters. The van der Waals surface area contributed by atoms with E-state index in [1.54, 1.807) is 12.1 Å². The molecule has 3 rings (SSSR count). The SMILES string of the molecule is O=C(COC(=O)[C@@H]1CC(=O)N(Cc2ccco2)C1)Nc1ccc(F)cc1. The number of nitrogens with zero attached hydrogens (tertiary/aromatic N) is 1. The fraction of sp³-hybridized carbons (Fsp3) is 0.278. The van der Waals surface area contributed by atoms with Crippen molar-refractivity contribution in [2.45, 2.75) is 13.0 Å². The van der Waals surface area contributed by atoms with Crippen LogP contribution >= 0.6 is 0 Å². The van der Waals surface area contributed by atoms with Crippen LogP contribution in [0.1, 0.15) is 12.2 Å². The van der Waals surface area contributed by atoms with Gasteiger partial charge in [0.15, 0.2) is 6.61 Å². The van der Waals surface area contributed by atoms with Crippen LogP contribution in [0.2, 0.25) is 0 Å². The summed E-state index contributed by atoms with van der Waals surface area (Å²) in [4.78, 5) is 37.4. The number of amides is 2. The molecule has 0 aliphatic carbocycles. The smallest absolute Gasteiger partial charge is 0.311 e. The molecule has 1 aromatic heterocycles. The Hall–Kier alpha value is -3.16. The third-order valence-corrected chi connectivity index (χ3v) is 3.95. The Morgan fingerprint density at radius 2 is 2.04 bits per heavy atom. The fourth-order valence-corrected chi connectivity index (χ4v) is 2.66. The molecule has 7 nitrogen and oxygen atoms in total. The average Bonchev–Trinajstić information content (AvgIpc) is 3.25. The molecule has 2 heterocycles. The summed E-state index contributed by atoms with van der Waals surface area (Å²) in [6.07, 6.45) is 1.56. The molecule has 1 fully saturated rings. The van der Waals surface area contributed by atoms with Crippen LogP contribution in [-0.2, 0) is 25.7 Å². The van der Waals surface area contributed by atoms with Crippen LogP contribution in [-0.4, -0.2) is 35.8 Å². The van der Waals surface area contributed by atoms with E-state index in [9.17, 15) is 18.8 Å². The highest BCUT2D eigenvalue weighted by Gasteiger charge is 2.35. The zero-order valence-corrected chi connectivity index (χ0v) is 13.8. The largest absolute Gasteiger partial charge is 0.467 e. The number of nitrogens with one attached hydrogen (secondary N) is 1. The highest BCUT2D eigenvalue weighted by Crippen LogP contribution is 2.21. The first-order valence-electron chi connectivity index (χ1n) is 8.03. The Bertz CT molecular complexity index is 788. The number of carbonyl (C=O) groups excluding carboxylic acids is 3. The summed E-state index contributed by atoms with van der Waals surface area (Å²) < 4.78 is 23.0. The molecule has 1 saturated heterocycles. The summed E-state index contributed by atoms with van der Waals surface area (Å²) >= 11 is 0. The van der Waals surface area contributed by atoms with Crippen LogP contribution in [0.15, 0.2) is 47.1 Å². The van der Waals surface area contributed by atoms with E-state index < -0.39 is 30.2 Å². The number of ether oxygens (including phenoxy) is 1. The standard InChI is InChI=1S/C18H17FN2O5/c19-13-3-5-14(6-4-13)20-16(22)11-26-18(24)12-8-17(23)21(9-12)10-15-2-1-7-25-15/h1-7,12H,8-11H2,(H,20,22)/t12-/m1/s1. The van der Waals surface area contributed by atoms with Gasteiger partial charge in [0.25, 0.3) is 5.91 Å². The number of likely N-dealkylation sites (tertiary alicyclic amines) is 1. The maximum absolute atomic E-state index is 12.8. The lowest BCUT2D eigenvalue weighted by Gasteiger charge is -2.14. The van der Waals surface area contributed by atoms with Gasteiger partial charge in [0.05, 0.1) is 18.7 Å². The molecule has 2 amide bonds. The van der Waals surface area contributed by atoms with Gasteiger partial charge in [-0.2, -0.15) is 0 Å². The van der Waals surface area contributed by atoms with Gasteiger partial charge in [-0.05, 0) is 36.4 Å². The number of benzene rings is 1. The summed E-state index contributed by atoms with van der Waals surface area (Å²) in [5.74, 6) is -1.71. The number of halogens is 1. The average molecular weight is 360 g/mol. The third kappa shape index (κ3) is 4.47. The summed E-state index contributed by atoms with van der Waals surface area (Å²) in [5, 5.41) is 2.49. The van der Waals surface area contributed by atoms with E-state index in [1.807, 2.05) is 0 Å². The highest BCUT2D eigenvalue weighted by atomic mass is 19.1. The number of carbonyl (C=O) groups is 3. The van der Waals surface area contributed by atoms with E-state index >= 15 is 0 Å². The number of furan rings is 1. The van der Waals surface area contributed by atoms with Crippen molar-refractivity contribution in [2.24, 2.45) is 5.92 Å². The van der Waals surface area contributed by atoms with Crippen molar-refractivity contribution in [1.29, 1.82) is 0 Å². The first-order valence-corrected chi connectivity index (χ1v) is 8.03. The molecule has 0 spiro atoms. The number of anilines is 1. The molecule has 1 N–H and O–H groups in total. The molecule has 1 aliphatic rings. The first-order chi connectivity index (χ1) is 12.5. The van der Waals surface area contributed by atoms with Crippen LogP contribution in [0.3, 0.4) is 0 Å². The quantitative estimate of drug-likeness (QED) is 0.796. The third-order valence-electron chi connectivity index (χ3n) is 3.95. The predicted molar refractivity (Wildman–Crippen MR) is 88.2 cm³/mol. The minimum atomic E-state index is -0.615. The molecule has 0 saturated carbocycles. The van der Waals surface area contributed by atoms with E-state index in [4.69, 9.17) is 9.15 Å². The Labute approximate surface area is 148 Å². The topological polar surface area (TPSA) is 88.9 Å². The Morgan fingerprint density at radius 1 is 1.27 bits per heavy atom. The van der Waals surface area contributed by atoms with Crippen LogP contribution in [0, 0.1) is 11.7 Å². The molecule has 0 radical (unpaired) electrons. The van der Waals surface area contributed by atoms with E-state index in [0.29, 0.717) is 18.0 Å². The van der Waals surface area contributed by atoms with Crippen molar-refractivity contribution < 1.29 is 27.9 Å². The fourth-order valence-electron chi connectivity index (χ4n) is 2.66. The van der Waals surface area contributed by atoms with Crippen LogP contribution < -0.4 is 5.32 Å². The van der Waals surface area contributed by atoms with Crippen molar-refractivity contribution >= 4 is 23.5 Å². The van der Waals surface area contributed by atoms with Gasteiger partial charge in [-0.15, -0.1) is 0 Å². The molecule has 1 aliphatic heterocycles. The molecule has 26 heavy (non-hydrogen) atoms. The van der Waals surface area contributed by atoms with Crippen molar-refractivity contribution in [3.05, 3.63) is 54.2 Å². The minimum absolute atomic E-state index is 0.0408. The molecule has 2 aromatic rings. The minimum Gasteiger partial charge on any atom is -0.467 e. The van der Waals surface area contributed by atoms with Crippen molar-refractivity contribution in [2.75, 3.05) is 18.5 Å². The monoisotopic (exact) mass is 360 g/mol. The van der Waals surface area contributed by atoms with Gasteiger partial charge >= 0.3 is 5.97 Å². The van der Waals surface area contributed by atoms with Crippen LogP contribution in [0.5, 0.6) is 0 Å². The maximum Gasteiger partial charge on any atom is 0.311 e. The van der Waals surface area contributed by atoms with E-state index in [1.165, 1.54) is 35.4 Å². The lowest BCUT2D eigenvalue weighted by molar-refractivity contribution is -0.151. The van der Waals surface area contributed by atoms with Crippen molar-refractivity contribution in [3.8, 4) is 0 Å². The molecule has 136 valence electrons. The normalized spacial score (nSPS) is 16.6. The highest BCUT2D eigenvalue weighted by molar-refractivity contribution is 5.93. The molecule has 0 bridgehead atoms. The van der Waals surface area contributed by atoms with Gasteiger partial charge in [0, 0.05) is 18.7 Å². The molecule has 1 aromatic carbocycles. The molecule has 8 heteroatoms. The lowest BCUT2D eigenvalue weighted by Crippen LogP contribution is -2.28. The zero-order valence-electron chi connectivity index (χ0n) is 13.8. The second-order valence-electron chi connectivity index (χ2n) is 5.92. The number of hydrogen-bond donors (Lipinski definition) is 1. The Kier molecular flexibility index (Phi) is 5.31. The van der Waals surface area contributed by atoms with E-state index in [2.05, 4.69) is 5.32 Å². The van der Waals surface area contributed by atoms with Gasteiger partial charge in [-0.1, -0.05) is 0 Å². The van der Waals surface area contributed by atoms with Crippen LogP contribution in [0.4, 0.5) is 10.1 Å². The number of rotatable bonds is 6. The second kappa shape index (κ2) is 7.81. The van der Waals surface area contributed by atoms with Gasteiger partial charge in [0.2, 0.25) is 5.91 Å². The number of hydrogen-bond acceptors (Lipinski definition) is 5. The van der Waals surface area contributed by atoms with Crippen LogP contribution in [0.25, 0.3) is 0 Å². The molecular weight excluding hydrogens is 343 g/mol. The van der Waals surface area contributed by atoms with Gasteiger partial charge < -0.3 is 19.4 Å². The summed E-state index contributed by atoms with van der Waals surface area (Å²) in [5.41, 5.74) is 0.396. The maximum atomic E-state index is 12.8. The van der Waals surface area contributed by atoms with Crippen molar-refractivity contribution in [1.82, 2.24) is 4.90 Å². The molecular formula is C18H17FN2O5. The summed E-state index contributed by atoms with van der Waals surface area (Å²) in [7, 11) is 0. The predicted octanol–water partition coefficient (Wildman–Crippen LogP) is 1.95. The van der Waals surface area contributed by atoms with E-state index in [0.717, 1.165) is 0 Å². The lowest BCUT2D eigenvalue weighted by atomic mass is 10.1. The summed E-state index contributed by atoms with van der Waals surface area (Å²) in [6, 6.07) is 8.69. The van der Waals surface area contributed by atoms with Gasteiger partial charge in [0.1, 0.15) is 11.6 Å². The molecule has 1 atom stereocenters. The summed E-state index contributed by atoms with van der Waals surface area (Å²) in [6.45, 7) is 0.0394. The van der Waals surface area contributed by atoms with E-state index in [-0.39, 0.29) is 18.9 Å². The number of esters is 1. The Balaban J connectivity index is 1.45. The second-order valence-corrected chi connectivity index (χ2v) is 5.92. The van der Waals surface area contributed by atoms with Crippen molar-refractivity contribution in [3.63, 3.8) is 0 Å². The first kappa shape index (κ1) is 17.7.